The molecule has 1 atom stereocenters. The van der Waals surface area contributed by atoms with Crippen LogP contribution in [-0.4, -0.2) is 55.6 Å². The Morgan fingerprint density at radius 1 is 1.11 bits per heavy atom. The standard InChI is InChI=1S/C13H27NO3S/c1-5-16-9-7-14(8-10-17-6-2)13(15)12(18)11(3)4/h11-12,18H,5-10H2,1-4H3. The first-order valence-electron chi connectivity index (χ1n) is 6.66. The Morgan fingerprint density at radius 3 is 1.89 bits per heavy atom. The minimum atomic E-state index is -0.256. The zero-order valence-electron chi connectivity index (χ0n) is 12.0. The number of thiol groups is 1. The average Bonchev–Trinajstić information content (AvgIpc) is 2.35. The van der Waals surface area contributed by atoms with Gasteiger partial charge in [0.25, 0.3) is 0 Å². The Morgan fingerprint density at radius 2 is 1.56 bits per heavy atom. The van der Waals surface area contributed by atoms with Crippen molar-refractivity contribution >= 4 is 18.5 Å². The van der Waals surface area contributed by atoms with Crippen LogP contribution in [0.2, 0.25) is 0 Å². The molecule has 0 rings (SSSR count). The summed E-state index contributed by atoms with van der Waals surface area (Å²) in [6.07, 6.45) is 0. The van der Waals surface area contributed by atoms with E-state index in [4.69, 9.17) is 9.47 Å². The van der Waals surface area contributed by atoms with Crippen molar-refractivity contribution in [3.05, 3.63) is 0 Å². The summed E-state index contributed by atoms with van der Waals surface area (Å²) in [6.45, 7) is 11.6. The molecule has 18 heavy (non-hydrogen) atoms. The molecule has 0 N–H and O–H groups in total. The first kappa shape index (κ1) is 17.7. The van der Waals surface area contributed by atoms with Crippen LogP contribution >= 0.6 is 12.6 Å². The largest absolute Gasteiger partial charge is 0.380 e. The van der Waals surface area contributed by atoms with Gasteiger partial charge in [-0.25, -0.2) is 0 Å². The smallest absolute Gasteiger partial charge is 0.235 e. The lowest BCUT2D eigenvalue weighted by Gasteiger charge is -2.26. The second kappa shape index (κ2) is 10.6. The van der Waals surface area contributed by atoms with Crippen LogP contribution in [0.15, 0.2) is 0 Å². The minimum Gasteiger partial charge on any atom is -0.380 e. The first-order chi connectivity index (χ1) is 8.54. The number of amides is 1. The second-order valence-electron chi connectivity index (χ2n) is 4.41. The lowest BCUT2D eigenvalue weighted by Crippen LogP contribution is -2.42. The van der Waals surface area contributed by atoms with E-state index in [1.807, 2.05) is 27.7 Å². The number of rotatable bonds is 10. The number of carbonyl (C=O) groups is 1. The van der Waals surface area contributed by atoms with Crippen LogP contribution in [0.3, 0.4) is 0 Å². The Balaban J connectivity index is 4.28. The maximum atomic E-state index is 12.2. The highest BCUT2D eigenvalue weighted by Gasteiger charge is 2.23. The van der Waals surface area contributed by atoms with Gasteiger partial charge in [0.2, 0.25) is 5.91 Å². The zero-order valence-corrected chi connectivity index (χ0v) is 12.9. The molecule has 5 heteroatoms. The molecule has 0 aliphatic heterocycles. The molecule has 0 bridgehead atoms. The Labute approximate surface area is 116 Å². The van der Waals surface area contributed by atoms with Gasteiger partial charge in [0.15, 0.2) is 0 Å². The van der Waals surface area contributed by atoms with Gasteiger partial charge in [-0.3, -0.25) is 4.79 Å². The average molecular weight is 277 g/mol. The van der Waals surface area contributed by atoms with Crippen molar-refractivity contribution in [1.29, 1.82) is 0 Å². The van der Waals surface area contributed by atoms with Crippen LogP contribution in [0.25, 0.3) is 0 Å². The van der Waals surface area contributed by atoms with E-state index in [1.165, 1.54) is 0 Å². The first-order valence-corrected chi connectivity index (χ1v) is 7.18. The van der Waals surface area contributed by atoms with Crippen molar-refractivity contribution < 1.29 is 14.3 Å². The molecule has 0 aromatic rings. The molecule has 0 aliphatic carbocycles. The Kier molecular flexibility index (Phi) is 10.5. The minimum absolute atomic E-state index is 0.0627. The van der Waals surface area contributed by atoms with Gasteiger partial charge in [-0.15, -0.1) is 0 Å². The molecule has 0 saturated carbocycles. The summed E-state index contributed by atoms with van der Waals surface area (Å²) in [5.74, 6) is 0.287. The van der Waals surface area contributed by atoms with Crippen LogP contribution in [0.4, 0.5) is 0 Å². The van der Waals surface area contributed by atoms with Gasteiger partial charge >= 0.3 is 0 Å². The van der Waals surface area contributed by atoms with Gasteiger partial charge in [0, 0.05) is 26.3 Å². The second-order valence-corrected chi connectivity index (χ2v) is 4.96. The van der Waals surface area contributed by atoms with Crippen molar-refractivity contribution in [3.8, 4) is 0 Å². The SMILES string of the molecule is CCOCCN(CCOCC)C(=O)C(S)C(C)C. The van der Waals surface area contributed by atoms with E-state index in [1.54, 1.807) is 4.90 Å². The molecule has 1 amide bonds. The number of nitrogens with zero attached hydrogens (tertiary/aromatic N) is 1. The van der Waals surface area contributed by atoms with Crippen molar-refractivity contribution in [2.75, 3.05) is 39.5 Å². The van der Waals surface area contributed by atoms with E-state index < -0.39 is 0 Å². The van der Waals surface area contributed by atoms with Gasteiger partial charge in [-0.2, -0.15) is 12.6 Å². The summed E-state index contributed by atoms with van der Waals surface area (Å²) in [7, 11) is 0. The third-order valence-electron chi connectivity index (χ3n) is 2.62. The van der Waals surface area contributed by atoms with Crippen molar-refractivity contribution in [2.24, 2.45) is 5.92 Å². The number of carbonyl (C=O) groups excluding carboxylic acids is 1. The maximum absolute atomic E-state index is 12.2. The van der Waals surface area contributed by atoms with Gasteiger partial charge < -0.3 is 14.4 Å². The van der Waals surface area contributed by atoms with Crippen LogP contribution in [0.5, 0.6) is 0 Å². The van der Waals surface area contributed by atoms with E-state index in [9.17, 15) is 4.79 Å². The summed E-state index contributed by atoms with van der Waals surface area (Å²) < 4.78 is 10.6. The van der Waals surface area contributed by atoms with E-state index in [0.29, 0.717) is 39.5 Å². The lowest BCUT2D eigenvalue weighted by molar-refractivity contribution is -0.132. The molecule has 0 fully saturated rings. The molecule has 0 saturated heterocycles. The Bertz CT molecular complexity index is 214. The molecule has 0 aliphatic rings. The Hall–Kier alpha value is -0.260. The van der Waals surface area contributed by atoms with Crippen LogP contribution in [-0.2, 0) is 14.3 Å². The summed E-state index contributed by atoms with van der Waals surface area (Å²) in [4.78, 5) is 14.0. The van der Waals surface area contributed by atoms with Crippen LogP contribution in [0, 0.1) is 5.92 Å². The van der Waals surface area contributed by atoms with E-state index in [2.05, 4.69) is 12.6 Å². The van der Waals surface area contributed by atoms with E-state index >= 15 is 0 Å². The van der Waals surface area contributed by atoms with Crippen LogP contribution in [0.1, 0.15) is 27.7 Å². The number of ether oxygens (including phenoxy) is 2. The van der Waals surface area contributed by atoms with Gasteiger partial charge in [-0.1, -0.05) is 13.8 Å². The monoisotopic (exact) mass is 277 g/mol. The predicted octanol–water partition coefficient (Wildman–Crippen LogP) is 1.84. The van der Waals surface area contributed by atoms with Crippen LogP contribution < -0.4 is 0 Å². The van der Waals surface area contributed by atoms with Gasteiger partial charge in [0.1, 0.15) is 0 Å². The summed E-state index contributed by atoms with van der Waals surface area (Å²) in [6, 6.07) is 0. The molecule has 0 aromatic heterocycles. The molecule has 1 unspecified atom stereocenters. The molecule has 0 radical (unpaired) electrons. The molecular weight excluding hydrogens is 250 g/mol. The lowest BCUT2D eigenvalue weighted by atomic mass is 10.1. The normalized spacial score (nSPS) is 12.8. The molecule has 0 heterocycles. The molecule has 108 valence electrons. The molecule has 0 aromatic carbocycles. The fraction of sp³-hybridized carbons (Fsp3) is 0.923. The number of hydrogen-bond donors (Lipinski definition) is 1. The third kappa shape index (κ3) is 7.24. The quantitative estimate of drug-likeness (QED) is 0.489. The highest BCUT2D eigenvalue weighted by Crippen LogP contribution is 2.12. The van der Waals surface area contributed by atoms with E-state index in [-0.39, 0.29) is 17.1 Å². The fourth-order valence-electron chi connectivity index (χ4n) is 1.44. The fourth-order valence-corrected chi connectivity index (χ4v) is 1.61. The molecule has 4 nitrogen and oxygen atoms in total. The van der Waals surface area contributed by atoms with Crippen molar-refractivity contribution in [3.63, 3.8) is 0 Å². The van der Waals surface area contributed by atoms with Crippen molar-refractivity contribution in [1.82, 2.24) is 4.90 Å². The molecular formula is C13H27NO3S. The maximum Gasteiger partial charge on any atom is 0.235 e. The topological polar surface area (TPSA) is 38.8 Å². The van der Waals surface area contributed by atoms with E-state index in [0.717, 1.165) is 0 Å². The highest BCUT2D eigenvalue weighted by atomic mass is 32.1. The highest BCUT2D eigenvalue weighted by molar-refractivity contribution is 7.81. The predicted molar refractivity (Wildman–Crippen MR) is 77.2 cm³/mol. The summed E-state index contributed by atoms with van der Waals surface area (Å²) >= 11 is 4.38. The van der Waals surface area contributed by atoms with Gasteiger partial charge in [-0.05, 0) is 19.8 Å². The molecule has 0 spiro atoms. The van der Waals surface area contributed by atoms with Crippen molar-refractivity contribution in [2.45, 2.75) is 32.9 Å². The summed E-state index contributed by atoms with van der Waals surface area (Å²) in [5, 5.41) is -0.256. The van der Waals surface area contributed by atoms with Gasteiger partial charge in [0.05, 0.1) is 18.5 Å². The summed E-state index contributed by atoms with van der Waals surface area (Å²) in [5.41, 5.74) is 0. The number of hydrogen-bond acceptors (Lipinski definition) is 4. The third-order valence-corrected chi connectivity index (χ3v) is 3.43. The zero-order chi connectivity index (χ0) is 14.0.